The predicted octanol–water partition coefficient (Wildman–Crippen LogP) is 3.27. The molecule has 96 valence electrons. The van der Waals surface area contributed by atoms with Crippen molar-refractivity contribution in [3.8, 4) is 0 Å². The third kappa shape index (κ3) is 4.39. The average Bonchev–Trinajstić information content (AvgIpc) is 2.29. The number of hydrogen-bond acceptors (Lipinski definition) is 2. The van der Waals surface area contributed by atoms with Gasteiger partial charge in [-0.3, -0.25) is 0 Å². The smallest absolute Gasteiger partial charge is 0.282 e. The van der Waals surface area contributed by atoms with Gasteiger partial charge >= 0.3 is 0 Å². The quantitative estimate of drug-likeness (QED) is 0.869. The molecule has 6 heteroatoms. The van der Waals surface area contributed by atoms with Gasteiger partial charge < -0.3 is 10.4 Å². The van der Waals surface area contributed by atoms with Gasteiger partial charge in [-0.1, -0.05) is 23.2 Å². The Kier molecular flexibility index (Phi) is 5.13. The van der Waals surface area contributed by atoms with E-state index in [0.717, 1.165) is 0 Å². The van der Waals surface area contributed by atoms with Gasteiger partial charge in [0, 0.05) is 16.1 Å². The minimum absolute atomic E-state index is 0.376. The molecule has 1 unspecified atom stereocenters. The zero-order valence-corrected chi connectivity index (χ0v) is 10.7. The highest BCUT2D eigenvalue weighted by Gasteiger charge is 2.28. The Morgan fingerprint density at radius 2 is 2.06 bits per heavy atom. The SMILES string of the molecule is CC(NCC(F)(F)CO)c1cc(Cl)ccc1Cl. The molecule has 2 N–H and O–H groups in total. The summed E-state index contributed by atoms with van der Waals surface area (Å²) >= 11 is 11.7. The lowest BCUT2D eigenvalue weighted by Gasteiger charge is -2.20. The van der Waals surface area contributed by atoms with E-state index in [1.807, 2.05) is 0 Å². The van der Waals surface area contributed by atoms with Crippen molar-refractivity contribution in [1.29, 1.82) is 0 Å². The molecule has 0 aliphatic rings. The molecule has 1 aromatic rings. The van der Waals surface area contributed by atoms with E-state index in [9.17, 15) is 8.78 Å². The van der Waals surface area contributed by atoms with Crippen LogP contribution in [0.4, 0.5) is 8.78 Å². The van der Waals surface area contributed by atoms with Gasteiger partial charge in [-0.2, -0.15) is 0 Å². The first kappa shape index (κ1) is 14.6. The highest BCUT2D eigenvalue weighted by atomic mass is 35.5. The molecular weight excluding hydrogens is 271 g/mol. The van der Waals surface area contributed by atoms with E-state index in [-0.39, 0.29) is 6.04 Å². The molecule has 1 atom stereocenters. The summed E-state index contributed by atoms with van der Waals surface area (Å²) in [7, 11) is 0. The average molecular weight is 284 g/mol. The lowest BCUT2D eigenvalue weighted by atomic mass is 10.1. The molecule has 0 bridgehead atoms. The molecule has 17 heavy (non-hydrogen) atoms. The Labute approximate surface area is 109 Å². The Bertz CT molecular complexity index is 388. The number of aliphatic hydroxyl groups excluding tert-OH is 1. The van der Waals surface area contributed by atoms with Gasteiger partial charge in [0.25, 0.3) is 5.92 Å². The Morgan fingerprint density at radius 1 is 1.41 bits per heavy atom. The lowest BCUT2D eigenvalue weighted by molar-refractivity contribution is -0.0490. The fourth-order valence-corrected chi connectivity index (χ4v) is 1.78. The Hall–Kier alpha value is -0.420. The molecule has 0 saturated carbocycles. The second-order valence-corrected chi connectivity index (χ2v) is 4.63. The third-order valence-electron chi connectivity index (χ3n) is 2.32. The molecular formula is C11H13Cl2F2NO. The number of alkyl halides is 2. The van der Waals surface area contributed by atoms with Crippen LogP contribution in [0.2, 0.25) is 10.0 Å². The molecule has 0 aliphatic heterocycles. The van der Waals surface area contributed by atoms with Gasteiger partial charge in [-0.15, -0.1) is 0 Å². The molecule has 0 radical (unpaired) electrons. The highest BCUT2D eigenvalue weighted by Crippen LogP contribution is 2.26. The maximum atomic E-state index is 12.8. The maximum absolute atomic E-state index is 12.8. The zero-order chi connectivity index (χ0) is 13.1. The van der Waals surface area contributed by atoms with Crippen LogP contribution in [0.1, 0.15) is 18.5 Å². The molecule has 0 fully saturated rings. The van der Waals surface area contributed by atoms with E-state index < -0.39 is 19.1 Å². The first-order chi connectivity index (χ1) is 7.85. The monoisotopic (exact) mass is 283 g/mol. The van der Waals surface area contributed by atoms with Crippen LogP contribution in [-0.4, -0.2) is 24.2 Å². The van der Waals surface area contributed by atoms with E-state index in [1.54, 1.807) is 25.1 Å². The number of halogens is 4. The Morgan fingerprint density at radius 3 is 2.65 bits per heavy atom. The molecule has 0 heterocycles. The molecule has 1 rings (SSSR count). The number of nitrogens with one attached hydrogen (secondary N) is 1. The van der Waals surface area contributed by atoms with Crippen molar-refractivity contribution in [2.75, 3.05) is 13.2 Å². The fraction of sp³-hybridized carbons (Fsp3) is 0.455. The molecule has 1 aromatic carbocycles. The summed E-state index contributed by atoms with van der Waals surface area (Å²) in [4.78, 5) is 0. The van der Waals surface area contributed by atoms with Crippen LogP contribution in [0.15, 0.2) is 18.2 Å². The van der Waals surface area contributed by atoms with Crippen LogP contribution in [0.3, 0.4) is 0 Å². The summed E-state index contributed by atoms with van der Waals surface area (Å²) in [6.45, 7) is -0.103. The van der Waals surface area contributed by atoms with E-state index in [0.29, 0.717) is 15.6 Å². The van der Waals surface area contributed by atoms with Crippen LogP contribution >= 0.6 is 23.2 Å². The van der Waals surface area contributed by atoms with Crippen LogP contribution in [0, 0.1) is 0 Å². The van der Waals surface area contributed by atoms with Gasteiger partial charge in [0.05, 0.1) is 6.54 Å². The maximum Gasteiger partial charge on any atom is 0.282 e. The van der Waals surface area contributed by atoms with Crippen LogP contribution in [0.25, 0.3) is 0 Å². The second-order valence-electron chi connectivity index (χ2n) is 3.78. The van der Waals surface area contributed by atoms with Crippen molar-refractivity contribution in [2.45, 2.75) is 18.9 Å². The Balaban J connectivity index is 2.70. The van der Waals surface area contributed by atoms with Crippen molar-refractivity contribution in [3.63, 3.8) is 0 Å². The van der Waals surface area contributed by atoms with Crippen LogP contribution in [-0.2, 0) is 0 Å². The third-order valence-corrected chi connectivity index (χ3v) is 2.90. The number of aliphatic hydroxyl groups is 1. The summed E-state index contributed by atoms with van der Waals surface area (Å²) in [5.41, 5.74) is 0.646. The molecule has 0 amide bonds. The largest absolute Gasteiger partial charge is 0.390 e. The second kappa shape index (κ2) is 5.96. The molecule has 0 aliphatic carbocycles. The van der Waals surface area contributed by atoms with Gasteiger partial charge in [0.1, 0.15) is 6.61 Å². The fourth-order valence-electron chi connectivity index (χ4n) is 1.31. The molecule has 2 nitrogen and oxygen atoms in total. The van der Waals surface area contributed by atoms with Gasteiger partial charge in [0.2, 0.25) is 0 Å². The number of hydrogen-bond donors (Lipinski definition) is 2. The summed E-state index contributed by atoms with van der Waals surface area (Å²) in [6, 6.07) is 4.49. The highest BCUT2D eigenvalue weighted by molar-refractivity contribution is 6.33. The summed E-state index contributed by atoms with van der Waals surface area (Å²) in [6.07, 6.45) is 0. The predicted molar refractivity (Wildman–Crippen MR) is 64.9 cm³/mol. The lowest BCUT2D eigenvalue weighted by Crippen LogP contribution is -2.37. The van der Waals surface area contributed by atoms with E-state index >= 15 is 0 Å². The van der Waals surface area contributed by atoms with Gasteiger partial charge in [-0.05, 0) is 30.7 Å². The summed E-state index contributed by atoms with van der Waals surface area (Å²) in [5.74, 6) is -3.14. The van der Waals surface area contributed by atoms with Crippen LogP contribution in [0.5, 0.6) is 0 Å². The number of benzene rings is 1. The normalized spacial score (nSPS) is 13.8. The first-order valence-electron chi connectivity index (χ1n) is 5.03. The van der Waals surface area contributed by atoms with Crippen molar-refractivity contribution in [2.24, 2.45) is 0 Å². The molecule has 0 aromatic heterocycles. The minimum Gasteiger partial charge on any atom is -0.390 e. The molecule has 0 saturated heterocycles. The van der Waals surface area contributed by atoms with Crippen molar-refractivity contribution < 1.29 is 13.9 Å². The summed E-state index contributed by atoms with van der Waals surface area (Å²) in [5, 5.41) is 12.0. The van der Waals surface area contributed by atoms with Crippen molar-refractivity contribution in [3.05, 3.63) is 33.8 Å². The standard InChI is InChI=1S/C11H13Cl2F2NO/c1-7(16-5-11(14,15)6-17)9-4-8(12)2-3-10(9)13/h2-4,7,16-17H,5-6H2,1H3. The zero-order valence-electron chi connectivity index (χ0n) is 9.18. The van der Waals surface area contributed by atoms with Gasteiger partial charge in [-0.25, -0.2) is 8.78 Å². The van der Waals surface area contributed by atoms with Crippen LogP contribution < -0.4 is 5.32 Å². The van der Waals surface area contributed by atoms with Crippen molar-refractivity contribution in [1.82, 2.24) is 5.32 Å². The van der Waals surface area contributed by atoms with E-state index in [4.69, 9.17) is 28.3 Å². The molecule has 0 spiro atoms. The minimum atomic E-state index is -3.14. The summed E-state index contributed by atoms with van der Waals surface area (Å²) < 4.78 is 25.7. The van der Waals surface area contributed by atoms with Crippen molar-refractivity contribution >= 4 is 23.2 Å². The first-order valence-corrected chi connectivity index (χ1v) is 5.78. The van der Waals surface area contributed by atoms with E-state index in [1.165, 1.54) is 0 Å². The van der Waals surface area contributed by atoms with Gasteiger partial charge in [0.15, 0.2) is 0 Å². The topological polar surface area (TPSA) is 32.3 Å². The number of rotatable bonds is 5. The van der Waals surface area contributed by atoms with E-state index in [2.05, 4.69) is 5.32 Å².